The van der Waals surface area contributed by atoms with Crippen molar-refractivity contribution in [2.75, 3.05) is 6.54 Å². The molecule has 1 saturated carbocycles. The lowest BCUT2D eigenvalue weighted by atomic mass is 9.76. The van der Waals surface area contributed by atoms with Crippen LogP contribution in [0.1, 0.15) is 43.2 Å². The predicted octanol–water partition coefficient (Wildman–Crippen LogP) is 7.20. The number of imidazole rings is 1. The van der Waals surface area contributed by atoms with Crippen LogP contribution < -0.4 is 0 Å². The van der Waals surface area contributed by atoms with Crippen LogP contribution in [0.15, 0.2) is 73.1 Å². The Morgan fingerprint density at radius 2 is 1.97 bits per heavy atom. The number of aromatic nitrogens is 2. The number of aryl methyl sites for hydroxylation is 1. The van der Waals surface area contributed by atoms with Gasteiger partial charge in [0.25, 0.3) is 0 Å². The molecule has 2 atom stereocenters. The van der Waals surface area contributed by atoms with E-state index in [0.717, 1.165) is 66.4 Å². The lowest BCUT2D eigenvalue weighted by molar-refractivity contribution is 0.00485. The Kier molecular flexibility index (Phi) is 6.55. The number of rotatable bonds is 6. The molecule has 1 amide bonds. The standard InChI is InChI=1S/C31H29ClN4O2/c32-27-9-7-25(8-10-27)26-5-1-3-24(15-26)19-36-20-31(38-30(36)37)13-2-4-22(17-31)12-14-35-21-34-28-11-6-23(18-33)16-29(28)35/h1,3,5-11,15-16,21-22H,2,4,12-14,17,19-20H2/t22-,31+/m1/s1. The summed E-state index contributed by atoms with van der Waals surface area (Å²) in [6.07, 6.45) is 6.63. The number of fused-ring (bicyclic) bond motifs is 1. The van der Waals surface area contributed by atoms with Gasteiger partial charge in [0.1, 0.15) is 5.60 Å². The number of amides is 1. The molecule has 192 valence electrons. The molecule has 6 rings (SSSR count). The fraction of sp³-hybridized carbons (Fsp3) is 0.323. The first-order chi connectivity index (χ1) is 18.5. The van der Waals surface area contributed by atoms with Crippen molar-refractivity contribution < 1.29 is 9.53 Å². The molecule has 1 aromatic heterocycles. The largest absolute Gasteiger partial charge is 0.441 e. The Labute approximate surface area is 227 Å². The molecule has 1 aliphatic heterocycles. The summed E-state index contributed by atoms with van der Waals surface area (Å²) < 4.78 is 8.22. The van der Waals surface area contributed by atoms with Crippen molar-refractivity contribution in [3.05, 3.63) is 89.2 Å². The van der Waals surface area contributed by atoms with E-state index < -0.39 is 5.60 Å². The second kappa shape index (κ2) is 10.2. The highest BCUT2D eigenvalue weighted by molar-refractivity contribution is 6.30. The van der Waals surface area contributed by atoms with Gasteiger partial charge in [-0.05, 0) is 84.7 Å². The van der Waals surface area contributed by atoms with Crippen molar-refractivity contribution in [2.45, 2.75) is 50.8 Å². The summed E-state index contributed by atoms with van der Waals surface area (Å²) in [5.74, 6) is 0.473. The highest BCUT2D eigenvalue weighted by Crippen LogP contribution is 2.41. The van der Waals surface area contributed by atoms with Crippen LogP contribution in [0, 0.1) is 17.2 Å². The van der Waals surface area contributed by atoms with Gasteiger partial charge in [0.15, 0.2) is 0 Å². The van der Waals surface area contributed by atoms with E-state index >= 15 is 0 Å². The van der Waals surface area contributed by atoms with Crippen molar-refractivity contribution in [3.8, 4) is 17.2 Å². The smallest absolute Gasteiger partial charge is 0.410 e. The molecular formula is C31H29ClN4O2. The summed E-state index contributed by atoms with van der Waals surface area (Å²) in [4.78, 5) is 19.3. The van der Waals surface area contributed by atoms with E-state index in [-0.39, 0.29) is 6.09 Å². The van der Waals surface area contributed by atoms with Crippen molar-refractivity contribution in [2.24, 2.45) is 5.92 Å². The average molecular weight is 525 g/mol. The monoisotopic (exact) mass is 524 g/mol. The second-order valence-electron chi connectivity index (χ2n) is 10.6. The summed E-state index contributed by atoms with van der Waals surface area (Å²) in [5, 5.41) is 9.97. The van der Waals surface area contributed by atoms with E-state index in [4.69, 9.17) is 16.3 Å². The maximum absolute atomic E-state index is 13.0. The van der Waals surface area contributed by atoms with Crippen LogP contribution in [-0.2, 0) is 17.8 Å². The van der Waals surface area contributed by atoms with Crippen molar-refractivity contribution in [1.82, 2.24) is 14.5 Å². The molecule has 1 saturated heterocycles. The molecule has 38 heavy (non-hydrogen) atoms. The van der Waals surface area contributed by atoms with Gasteiger partial charge < -0.3 is 9.30 Å². The van der Waals surface area contributed by atoms with Crippen LogP contribution in [0.3, 0.4) is 0 Å². The minimum absolute atomic E-state index is 0.216. The Morgan fingerprint density at radius 1 is 1.11 bits per heavy atom. The Morgan fingerprint density at radius 3 is 2.82 bits per heavy atom. The van der Waals surface area contributed by atoms with Gasteiger partial charge in [-0.25, -0.2) is 9.78 Å². The van der Waals surface area contributed by atoms with Crippen LogP contribution in [-0.4, -0.2) is 32.7 Å². The van der Waals surface area contributed by atoms with Crippen molar-refractivity contribution in [3.63, 3.8) is 0 Å². The number of carbonyl (C=O) groups is 1. The zero-order valence-corrected chi connectivity index (χ0v) is 21.9. The quantitative estimate of drug-likeness (QED) is 0.267. The molecule has 3 aromatic carbocycles. The molecule has 4 aromatic rings. The number of nitrogens with zero attached hydrogens (tertiary/aromatic N) is 4. The van der Waals surface area contributed by atoms with E-state index in [0.29, 0.717) is 29.6 Å². The van der Waals surface area contributed by atoms with Crippen molar-refractivity contribution in [1.29, 1.82) is 5.26 Å². The molecular weight excluding hydrogens is 496 g/mol. The van der Waals surface area contributed by atoms with Crippen LogP contribution in [0.2, 0.25) is 5.02 Å². The Bertz CT molecular complexity index is 1520. The highest BCUT2D eigenvalue weighted by Gasteiger charge is 2.47. The minimum atomic E-state index is -0.404. The molecule has 1 aliphatic carbocycles. The van der Waals surface area contributed by atoms with Gasteiger partial charge in [0, 0.05) is 18.1 Å². The van der Waals surface area contributed by atoms with E-state index in [1.165, 1.54) is 0 Å². The third-order valence-corrected chi connectivity index (χ3v) is 8.20. The first-order valence-corrected chi connectivity index (χ1v) is 13.6. The summed E-state index contributed by atoms with van der Waals surface area (Å²) in [7, 11) is 0. The molecule has 7 heteroatoms. The number of benzene rings is 3. The van der Waals surface area contributed by atoms with Crippen LogP contribution in [0.5, 0.6) is 0 Å². The summed E-state index contributed by atoms with van der Waals surface area (Å²) in [6.45, 7) is 2.00. The molecule has 2 aliphatic rings. The highest BCUT2D eigenvalue weighted by atomic mass is 35.5. The molecule has 1 spiro atoms. The molecule has 0 N–H and O–H groups in total. The van der Waals surface area contributed by atoms with Crippen molar-refractivity contribution >= 4 is 28.7 Å². The first-order valence-electron chi connectivity index (χ1n) is 13.2. The Balaban J connectivity index is 1.11. The number of carbonyl (C=O) groups excluding carboxylic acids is 1. The first kappa shape index (κ1) is 24.5. The topological polar surface area (TPSA) is 71.2 Å². The third-order valence-electron chi connectivity index (χ3n) is 7.95. The van der Waals surface area contributed by atoms with E-state index in [2.05, 4.69) is 33.8 Å². The molecule has 2 heterocycles. The summed E-state index contributed by atoms with van der Waals surface area (Å²) in [5.41, 5.74) is 5.43. The lowest BCUT2D eigenvalue weighted by Gasteiger charge is -2.36. The maximum atomic E-state index is 13.0. The number of hydrogen-bond acceptors (Lipinski definition) is 4. The molecule has 0 radical (unpaired) electrons. The van der Waals surface area contributed by atoms with E-state index in [1.807, 2.05) is 53.7 Å². The zero-order chi connectivity index (χ0) is 26.1. The van der Waals surface area contributed by atoms with Gasteiger partial charge in [0.2, 0.25) is 0 Å². The van der Waals surface area contributed by atoms with Crippen LogP contribution >= 0.6 is 11.6 Å². The normalized spacial score (nSPS) is 21.1. The fourth-order valence-corrected chi connectivity index (χ4v) is 6.20. The minimum Gasteiger partial charge on any atom is -0.441 e. The second-order valence-corrected chi connectivity index (χ2v) is 11.1. The van der Waals surface area contributed by atoms with Gasteiger partial charge >= 0.3 is 6.09 Å². The predicted molar refractivity (Wildman–Crippen MR) is 148 cm³/mol. The third kappa shape index (κ3) is 4.99. The molecule has 6 nitrogen and oxygen atoms in total. The number of hydrogen-bond donors (Lipinski definition) is 0. The van der Waals surface area contributed by atoms with Gasteiger partial charge in [-0.15, -0.1) is 0 Å². The number of ether oxygens (including phenoxy) is 1. The number of nitriles is 1. The molecule has 2 fully saturated rings. The summed E-state index contributed by atoms with van der Waals surface area (Å²) >= 11 is 6.05. The van der Waals surface area contributed by atoms with Gasteiger partial charge in [-0.3, -0.25) is 4.90 Å². The van der Waals surface area contributed by atoms with Gasteiger partial charge in [-0.2, -0.15) is 5.26 Å². The van der Waals surface area contributed by atoms with Gasteiger partial charge in [0.05, 0.1) is 35.5 Å². The molecule has 0 unspecified atom stereocenters. The lowest BCUT2D eigenvalue weighted by Crippen LogP contribution is -2.39. The number of halogens is 1. The summed E-state index contributed by atoms with van der Waals surface area (Å²) in [6, 6.07) is 23.9. The van der Waals surface area contributed by atoms with E-state index in [1.54, 1.807) is 6.07 Å². The maximum Gasteiger partial charge on any atom is 0.410 e. The van der Waals surface area contributed by atoms with E-state index in [9.17, 15) is 10.1 Å². The van der Waals surface area contributed by atoms with Crippen LogP contribution in [0.4, 0.5) is 4.79 Å². The SMILES string of the molecule is N#Cc1ccc2ncn(CC[C@H]3CCC[C@]4(C3)CN(Cc3cccc(-c5ccc(Cl)cc5)c3)C(=O)O4)c2c1. The fourth-order valence-electron chi connectivity index (χ4n) is 6.08. The van der Waals surface area contributed by atoms with Gasteiger partial charge in [-0.1, -0.05) is 48.4 Å². The molecule has 0 bridgehead atoms. The Hall–Kier alpha value is -3.82. The zero-order valence-electron chi connectivity index (χ0n) is 21.1. The van der Waals surface area contributed by atoms with Crippen LogP contribution in [0.25, 0.3) is 22.2 Å². The average Bonchev–Trinajstić information content (AvgIpc) is 3.47.